The molecule has 0 heterocycles. The Morgan fingerprint density at radius 1 is 0.950 bits per heavy atom. The van der Waals surface area contributed by atoms with Gasteiger partial charge in [-0.15, -0.1) is 0 Å². The molecule has 0 saturated carbocycles. The van der Waals surface area contributed by atoms with Crippen LogP contribution in [0.2, 0.25) is 0 Å². The lowest BCUT2D eigenvalue weighted by Gasteiger charge is -2.07. The molecule has 2 amide bonds. The van der Waals surface area contributed by atoms with E-state index in [1.54, 1.807) is 48.5 Å². The van der Waals surface area contributed by atoms with Gasteiger partial charge in [0.25, 0.3) is 5.91 Å². The number of carbonyl (C=O) groups excluding carboxylic acids is 2. The molecule has 0 atom stereocenters. The number of rotatable bonds is 4. The Balaban J connectivity index is 1.83. The maximum Gasteiger partial charge on any atom is 0.251 e. The van der Waals surface area contributed by atoms with Crippen molar-refractivity contribution < 1.29 is 9.59 Å². The largest absolute Gasteiger partial charge is 0.399 e. The second kappa shape index (κ2) is 6.38. The van der Waals surface area contributed by atoms with E-state index in [2.05, 4.69) is 10.6 Å². The Kier molecular flexibility index (Phi) is 4.34. The topological polar surface area (TPSA) is 84.2 Å². The highest BCUT2D eigenvalue weighted by atomic mass is 16.2. The highest BCUT2D eigenvalue weighted by Crippen LogP contribution is 2.09. The van der Waals surface area contributed by atoms with Crippen molar-refractivity contribution in [2.75, 3.05) is 17.6 Å². The van der Waals surface area contributed by atoms with Gasteiger partial charge in [-0.3, -0.25) is 9.59 Å². The molecule has 5 heteroatoms. The van der Waals surface area contributed by atoms with Crippen molar-refractivity contribution in [3.8, 4) is 0 Å². The molecular formula is C15H15N3O2. The highest BCUT2D eigenvalue weighted by molar-refractivity contribution is 5.99. The van der Waals surface area contributed by atoms with E-state index in [0.29, 0.717) is 16.9 Å². The van der Waals surface area contributed by atoms with Crippen LogP contribution in [0.5, 0.6) is 0 Å². The van der Waals surface area contributed by atoms with Crippen LogP contribution >= 0.6 is 0 Å². The number of nitrogens with one attached hydrogen (secondary N) is 2. The van der Waals surface area contributed by atoms with Gasteiger partial charge in [-0.1, -0.05) is 18.2 Å². The van der Waals surface area contributed by atoms with E-state index in [9.17, 15) is 9.59 Å². The molecule has 0 aliphatic carbocycles. The third kappa shape index (κ3) is 3.84. The molecule has 2 aromatic rings. The summed E-state index contributed by atoms with van der Waals surface area (Å²) < 4.78 is 0. The van der Waals surface area contributed by atoms with E-state index in [-0.39, 0.29) is 18.4 Å². The average molecular weight is 269 g/mol. The van der Waals surface area contributed by atoms with Gasteiger partial charge < -0.3 is 16.4 Å². The van der Waals surface area contributed by atoms with Crippen LogP contribution in [0.25, 0.3) is 0 Å². The number of hydrogen-bond acceptors (Lipinski definition) is 3. The summed E-state index contributed by atoms with van der Waals surface area (Å²) in [7, 11) is 0. The number of anilines is 2. The zero-order valence-electron chi connectivity index (χ0n) is 10.8. The number of benzene rings is 2. The molecular weight excluding hydrogens is 254 g/mol. The smallest absolute Gasteiger partial charge is 0.251 e. The van der Waals surface area contributed by atoms with Gasteiger partial charge in [0, 0.05) is 16.9 Å². The SMILES string of the molecule is Nc1ccc(NC(=O)CNC(=O)c2ccccc2)cc1. The number of nitrogen functional groups attached to an aromatic ring is 1. The fraction of sp³-hybridized carbons (Fsp3) is 0.0667. The Labute approximate surface area is 116 Å². The Morgan fingerprint density at radius 3 is 2.25 bits per heavy atom. The molecule has 0 bridgehead atoms. The lowest BCUT2D eigenvalue weighted by molar-refractivity contribution is -0.115. The second-order valence-electron chi connectivity index (χ2n) is 4.22. The maximum atomic E-state index is 11.7. The van der Waals surface area contributed by atoms with Gasteiger partial charge in [-0.25, -0.2) is 0 Å². The van der Waals surface area contributed by atoms with Crippen molar-refractivity contribution in [1.82, 2.24) is 5.32 Å². The zero-order valence-corrected chi connectivity index (χ0v) is 10.8. The third-order valence-electron chi connectivity index (χ3n) is 2.64. The molecule has 5 nitrogen and oxygen atoms in total. The Hall–Kier alpha value is -2.82. The molecule has 0 aromatic heterocycles. The summed E-state index contributed by atoms with van der Waals surface area (Å²) >= 11 is 0. The predicted molar refractivity (Wildman–Crippen MR) is 78.3 cm³/mol. The van der Waals surface area contributed by atoms with Crippen LogP contribution in [0, 0.1) is 0 Å². The van der Waals surface area contributed by atoms with Crippen LogP contribution < -0.4 is 16.4 Å². The zero-order chi connectivity index (χ0) is 14.4. The van der Waals surface area contributed by atoms with E-state index >= 15 is 0 Å². The van der Waals surface area contributed by atoms with Crippen molar-refractivity contribution in [2.45, 2.75) is 0 Å². The van der Waals surface area contributed by atoms with E-state index in [1.165, 1.54) is 0 Å². The van der Waals surface area contributed by atoms with Crippen LogP contribution in [0.3, 0.4) is 0 Å². The summed E-state index contributed by atoms with van der Waals surface area (Å²) in [5.41, 5.74) is 7.33. The van der Waals surface area contributed by atoms with Crippen molar-refractivity contribution in [2.24, 2.45) is 0 Å². The molecule has 2 rings (SSSR count). The molecule has 2 aromatic carbocycles. The first kappa shape index (κ1) is 13.6. The van der Waals surface area contributed by atoms with E-state index in [0.717, 1.165) is 0 Å². The molecule has 0 aliphatic heterocycles. The minimum Gasteiger partial charge on any atom is -0.399 e. The lowest BCUT2D eigenvalue weighted by Crippen LogP contribution is -2.32. The van der Waals surface area contributed by atoms with Crippen molar-refractivity contribution in [1.29, 1.82) is 0 Å². The minimum absolute atomic E-state index is 0.0852. The molecule has 0 unspecified atom stereocenters. The second-order valence-corrected chi connectivity index (χ2v) is 4.22. The van der Waals surface area contributed by atoms with Crippen molar-refractivity contribution in [3.05, 3.63) is 60.2 Å². The normalized spacial score (nSPS) is 9.80. The summed E-state index contributed by atoms with van der Waals surface area (Å²) in [6.07, 6.45) is 0. The summed E-state index contributed by atoms with van der Waals surface area (Å²) in [5.74, 6) is -0.572. The number of carbonyl (C=O) groups is 2. The summed E-state index contributed by atoms with van der Waals surface area (Å²) in [4.78, 5) is 23.4. The van der Waals surface area contributed by atoms with E-state index in [1.807, 2.05) is 6.07 Å². The lowest BCUT2D eigenvalue weighted by atomic mass is 10.2. The molecule has 20 heavy (non-hydrogen) atoms. The number of amides is 2. The molecule has 0 aliphatic rings. The number of nitrogens with two attached hydrogens (primary N) is 1. The quantitative estimate of drug-likeness (QED) is 0.738. The van der Waals surface area contributed by atoms with Crippen LogP contribution in [0.15, 0.2) is 54.6 Å². The standard InChI is InChI=1S/C15H15N3O2/c16-12-6-8-13(9-7-12)18-14(19)10-17-15(20)11-4-2-1-3-5-11/h1-9H,10,16H2,(H,17,20)(H,18,19). The van der Waals surface area contributed by atoms with E-state index in [4.69, 9.17) is 5.73 Å². The first-order chi connectivity index (χ1) is 9.65. The van der Waals surface area contributed by atoms with Gasteiger partial charge in [0.15, 0.2) is 0 Å². The molecule has 102 valence electrons. The predicted octanol–water partition coefficient (Wildman–Crippen LogP) is 1.64. The summed E-state index contributed by atoms with van der Waals surface area (Å²) in [5, 5.41) is 5.22. The summed E-state index contributed by atoms with van der Waals surface area (Å²) in [6.45, 7) is -0.0852. The van der Waals surface area contributed by atoms with Gasteiger partial charge in [-0.2, -0.15) is 0 Å². The van der Waals surface area contributed by atoms with Crippen molar-refractivity contribution in [3.63, 3.8) is 0 Å². The van der Waals surface area contributed by atoms with Crippen LogP contribution in [-0.2, 0) is 4.79 Å². The van der Waals surface area contributed by atoms with E-state index < -0.39 is 0 Å². The van der Waals surface area contributed by atoms with Gasteiger partial charge in [0.1, 0.15) is 0 Å². The monoisotopic (exact) mass is 269 g/mol. The molecule has 0 spiro atoms. The third-order valence-corrected chi connectivity index (χ3v) is 2.64. The Bertz CT molecular complexity index is 594. The molecule has 0 fully saturated rings. The maximum absolute atomic E-state index is 11.7. The van der Waals surface area contributed by atoms with Gasteiger partial charge in [0.2, 0.25) is 5.91 Å². The number of hydrogen-bond donors (Lipinski definition) is 3. The van der Waals surface area contributed by atoms with Gasteiger partial charge in [0.05, 0.1) is 6.54 Å². The molecule has 0 radical (unpaired) electrons. The van der Waals surface area contributed by atoms with Gasteiger partial charge in [-0.05, 0) is 36.4 Å². The van der Waals surface area contributed by atoms with Crippen molar-refractivity contribution >= 4 is 23.2 Å². The van der Waals surface area contributed by atoms with Crippen LogP contribution in [-0.4, -0.2) is 18.4 Å². The first-order valence-electron chi connectivity index (χ1n) is 6.14. The van der Waals surface area contributed by atoms with Crippen LogP contribution in [0.1, 0.15) is 10.4 Å². The molecule has 4 N–H and O–H groups in total. The molecule has 0 saturated heterocycles. The first-order valence-corrected chi connectivity index (χ1v) is 6.14. The van der Waals surface area contributed by atoms with Gasteiger partial charge >= 0.3 is 0 Å². The fourth-order valence-corrected chi connectivity index (χ4v) is 1.62. The minimum atomic E-state index is -0.293. The Morgan fingerprint density at radius 2 is 1.60 bits per heavy atom. The van der Waals surface area contributed by atoms with Crippen LogP contribution in [0.4, 0.5) is 11.4 Å². The fourth-order valence-electron chi connectivity index (χ4n) is 1.62. The highest BCUT2D eigenvalue weighted by Gasteiger charge is 2.07. The average Bonchev–Trinajstić information content (AvgIpc) is 2.48. The summed E-state index contributed by atoms with van der Waals surface area (Å²) in [6, 6.07) is 15.5.